The van der Waals surface area contributed by atoms with Crippen LogP contribution in [0.15, 0.2) is 89.8 Å². The summed E-state index contributed by atoms with van der Waals surface area (Å²) in [6.45, 7) is 3.87. The number of carbonyl (C=O) groups excluding carboxylic acids is 1. The van der Waals surface area contributed by atoms with Crippen molar-refractivity contribution >= 4 is 15.9 Å². The van der Waals surface area contributed by atoms with Crippen molar-refractivity contribution in [2.75, 3.05) is 32.8 Å². The number of nitrogens with one attached hydrogen (secondary N) is 1. The van der Waals surface area contributed by atoms with E-state index in [9.17, 15) is 13.2 Å². The maximum Gasteiger partial charge on any atom is 0.252 e. The van der Waals surface area contributed by atoms with Gasteiger partial charge in [-0.3, -0.25) is 14.6 Å². The maximum atomic E-state index is 12.5. The first-order chi connectivity index (χ1) is 15.9. The molecular formula is C25H28N4O3S. The molecule has 0 unspecified atom stereocenters. The Balaban J connectivity index is 1.35. The Labute approximate surface area is 194 Å². The van der Waals surface area contributed by atoms with Gasteiger partial charge in [-0.15, -0.1) is 0 Å². The minimum absolute atomic E-state index is 0.0124. The molecule has 0 atom stereocenters. The molecule has 1 amide bonds. The second-order valence-corrected chi connectivity index (χ2v) is 9.67. The average Bonchev–Trinajstić information content (AvgIpc) is 2.84. The topological polar surface area (TPSA) is 95.7 Å². The van der Waals surface area contributed by atoms with Gasteiger partial charge in [-0.05, 0) is 35.4 Å². The molecule has 1 heterocycles. The molecule has 7 nitrogen and oxygen atoms in total. The van der Waals surface area contributed by atoms with E-state index in [-0.39, 0.29) is 16.8 Å². The van der Waals surface area contributed by atoms with Crippen LogP contribution in [0.2, 0.25) is 0 Å². The molecule has 0 aromatic heterocycles. The van der Waals surface area contributed by atoms with Crippen molar-refractivity contribution in [3.05, 3.63) is 102 Å². The number of amides is 1. The summed E-state index contributed by atoms with van der Waals surface area (Å²) in [6, 6.07) is 26.9. The fourth-order valence-corrected chi connectivity index (χ4v) is 4.66. The van der Waals surface area contributed by atoms with Crippen LogP contribution in [0, 0.1) is 0 Å². The molecule has 0 spiro atoms. The molecule has 1 fully saturated rings. The van der Waals surface area contributed by atoms with Gasteiger partial charge in [0.2, 0.25) is 10.0 Å². The van der Waals surface area contributed by atoms with Gasteiger partial charge in [0.05, 0.1) is 17.6 Å². The van der Waals surface area contributed by atoms with Gasteiger partial charge in [0.25, 0.3) is 5.91 Å². The molecule has 1 aliphatic rings. The summed E-state index contributed by atoms with van der Waals surface area (Å²) in [4.78, 5) is 17.1. The van der Waals surface area contributed by atoms with Gasteiger partial charge < -0.3 is 5.32 Å². The average molecular weight is 465 g/mol. The highest BCUT2D eigenvalue weighted by molar-refractivity contribution is 7.89. The Hall–Kier alpha value is -3.04. The first kappa shape index (κ1) is 23.1. The van der Waals surface area contributed by atoms with E-state index in [2.05, 4.69) is 63.6 Å². The quantitative estimate of drug-likeness (QED) is 0.560. The van der Waals surface area contributed by atoms with Gasteiger partial charge in [-0.25, -0.2) is 13.6 Å². The zero-order valence-electron chi connectivity index (χ0n) is 18.3. The van der Waals surface area contributed by atoms with Crippen LogP contribution < -0.4 is 10.5 Å². The third-order valence-electron chi connectivity index (χ3n) is 5.91. The second kappa shape index (κ2) is 10.3. The van der Waals surface area contributed by atoms with Crippen LogP contribution in [0.3, 0.4) is 0 Å². The summed E-state index contributed by atoms with van der Waals surface area (Å²) in [5, 5.41) is 8.03. The van der Waals surface area contributed by atoms with Crippen molar-refractivity contribution < 1.29 is 13.2 Å². The summed E-state index contributed by atoms with van der Waals surface area (Å²) in [6.07, 6.45) is 0. The molecule has 1 aliphatic heterocycles. The van der Waals surface area contributed by atoms with Crippen LogP contribution in [0.4, 0.5) is 0 Å². The van der Waals surface area contributed by atoms with Gasteiger partial charge in [0.1, 0.15) is 0 Å². The van der Waals surface area contributed by atoms with Gasteiger partial charge >= 0.3 is 0 Å². The lowest BCUT2D eigenvalue weighted by Crippen LogP contribution is -2.50. The minimum Gasteiger partial charge on any atom is -0.339 e. The number of benzene rings is 3. The van der Waals surface area contributed by atoms with E-state index in [0.29, 0.717) is 12.2 Å². The molecule has 1 saturated heterocycles. The van der Waals surface area contributed by atoms with Gasteiger partial charge in [-0.1, -0.05) is 60.7 Å². The van der Waals surface area contributed by atoms with E-state index >= 15 is 0 Å². The fraction of sp³-hybridized carbons (Fsp3) is 0.240. The Morgan fingerprint density at radius 2 is 1.33 bits per heavy atom. The number of nitrogens with zero attached hydrogens (tertiary/aromatic N) is 2. The van der Waals surface area contributed by atoms with Crippen molar-refractivity contribution in [1.29, 1.82) is 0 Å². The Kier molecular flexibility index (Phi) is 7.20. The van der Waals surface area contributed by atoms with Crippen LogP contribution in [0.5, 0.6) is 0 Å². The highest BCUT2D eigenvalue weighted by Crippen LogP contribution is 2.29. The Bertz CT molecular complexity index is 1120. The summed E-state index contributed by atoms with van der Waals surface area (Å²) in [5.74, 6) is -0.246. The summed E-state index contributed by atoms with van der Waals surface area (Å²) in [7, 11) is -3.77. The summed E-state index contributed by atoms with van der Waals surface area (Å²) >= 11 is 0. The van der Waals surface area contributed by atoms with Gasteiger partial charge in [-0.2, -0.15) is 0 Å². The molecule has 0 bridgehead atoms. The van der Waals surface area contributed by atoms with E-state index < -0.39 is 10.0 Å². The number of piperazine rings is 1. The lowest BCUT2D eigenvalue weighted by atomic mass is 9.96. The molecule has 172 valence electrons. The maximum absolute atomic E-state index is 12.5. The summed E-state index contributed by atoms with van der Waals surface area (Å²) in [5.41, 5.74) is 2.94. The van der Waals surface area contributed by atoms with Crippen molar-refractivity contribution in [3.8, 4) is 0 Å². The van der Waals surface area contributed by atoms with E-state index in [1.807, 2.05) is 12.1 Å². The molecular weight excluding hydrogens is 436 g/mol. The molecule has 0 aliphatic carbocycles. The molecule has 8 heteroatoms. The predicted octanol–water partition coefficient (Wildman–Crippen LogP) is 2.43. The lowest BCUT2D eigenvalue weighted by Gasteiger charge is -2.39. The number of hydrogen-bond donors (Lipinski definition) is 2. The highest BCUT2D eigenvalue weighted by Gasteiger charge is 2.26. The Morgan fingerprint density at radius 1 is 0.818 bits per heavy atom. The number of hydrogen-bond acceptors (Lipinski definition) is 5. The van der Waals surface area contributed by atoms with E-state index in [1.165, 1.54) is 35.4 Å². The molecule has 4 rings (SSSR count). The van der Waals surface area contributed by atoms with Gasteiger partial charge in [0, 0.05) is 31.7 Å². The smallest absolute Gasteiger partial charge is 0.252 e. The van der Waals surface area contributed by atoms with Crippen LogP contribution in [-0.4, -0.2) is 57.0 Å². The molecule has 0 saturated carbocycles. The van der Waals surface area contributed by atoms with Crippen molar-refractivity contribution in [1.82, 2.24) is 15.1 Å². The number of primary sulfonamides is 1. The number of carbonyl (C=O) groups is 1. The third-order valence-corrected chi connectivity index (χ3v) is 6.84. The predicted molar refractivity (Wildman–Crippen MR) is 128 cm³/mol. The second-order valence-electron chi connectivity index (χ2n) is 8.11. The lowest BCUT2D eigenvalue weighted by molar-refractivity contribution is 0.0831. The van der Waals surface area contributed by atoms with Crippen molar-refractivity contribution in [2.45, 2.75) is 10.9 Å². The molecule has 3 aromatic carbocycles. The Morgan fingerprint density at radius 3 is 1.82 bits per heavy atom. The fourth-order valence-electron chi connectivity index (χ4n) is 4.15. The van der Waals surface area contributed by atoms with Gasteiger partial charge in [0.15, 0.2) is 0 Å². The largest absolute Gasteiger partial charge is 0.339 e. The van der Waals surface area contributed by atoms with Crippen molar-refractivity contribution in [2.24, 2.45) is 5.14 Å². The SMILES string of the molecule is NS(=O)(=O)c1ccc(C(=O)NCN2CCN(C(c3ccccc3)c3ccccc3)CC2)cc1. The normalized spacial score (nSPS) is 15.5. The van der Waals surface area contributed by atoms with Crippen LogP contribution in [0.25, 0.3) is 0 Å². The van der Waals surface area contributed by atoms with E-state index in [0.717, 1.165) is 26.2 Å². The molecule has 33 heavy (non-hydrogen) atoms. The molecule has 3 N–H and O–H groups in total. The van der Waals surface area contributed by atoms with Crippen LogP contribution in [0.1, 0.15) is 27.5 Å². The van der Waals surface area contributed by atoms with E-state index in [4.69, 9.17) is 5.14 Å². The molecule has 0 radical (unpaired) electrons. The number of sulfonamides is 1. The first-order valence-corrected chi connectivity index (χ1v) is 12.4. The summed E-state index contributed by atoms with van der Waals surface area (Å²) < 4.78 is 22.7. The monoisotopic (exact) mass is 464 g/mol. The van der Waals surface area contributed by atoms with Crippen LogP contribution >= 0.6 is 0 Å². The van der Waals surface area contributed by atoms with Crippen molar-refractivity contribution in [3.63, 3.8) is 0 Å². The van der Waals surface area contributed by atoms with E-state index in [1.54, 1.807) is 0 Å². The number of rotatable bonds is 7. The zero-order chi connectivity index (χ0) is 23.3. The third kappa shape index (κ3) is 5.85. The standard InChI is InChI=1S/C25H28N4O3S/c26-33(31,32)23-13-11-22(12-14-23)25(30)27-19-28-15-17-29(18-16-28)24(20-7-3-1-4-8-20)21-9-5-2-6-10-21/h1-14,24H,15-19H2,(H,27,30)(H2,26,31,32). The van der Waals surface area contributed by atoms with Crippen LogP contribution in [-0.2, 0) is 10.0 Å². The highest BCUT2D eigenvalue weighted by atomic mass is 32.2. The number of nitrogens with two attached hydrogens (primary N) is 1. The first-order valence-electron chi connectivity index (χ1n) is 10.9. The minimum atomic E-state index is -3.77. The zero-order valence-corrected chi connectivity index (χ0v) is 19.1. The molecule has 3 aromatic rings.